The minimum Gasteiger partial charge on any atom is -0.374 e. The van der Waals surface area contributed by atoms with Crippen LogP contribution in [0.15, 0.2) is 0 Å². The van der Waals surface area contributed by atoms with Gasteiger partial charge in [-0.05, 0) is 33.6 Å². The lowest BCUT2D eigenvalue weighted by atomic mass is 10.1. The average Bonchev–Trinajstić information content (AvgIpc) is 2.46. The Morgan fingerprint density at radius 1 is 0.905 bits per heavy atom. The fourth-order valence-electron chi connectivity index (χ4n) is 1.61. The van der Waals surface area contributed by atoms with E-state index in [4.69, 9.17) is 19.0 Å². The summed E-state index contributed by atoms with van der Waals surface area (Å²) in [5.41, 5.74) is 5.28. The van der Waals surface area contributed by atoms with Gasteiger partial charge in [-0.1, -0.05) is 27.7 Å². The van der Waals surface area contributed by atoms with Crippen LogP contribution in [0.4, 0.5) is 0 Å². The van der Waals surface area contributed by atoms with Gasteiger partial charge in [0, 0.05) is 31.3 Å². The van der Waals surface area contributed by atoms with Gasteiger partial charge in [-0.2, -0.15) is 0 Å². The van der Waals surface area contributed by atoms with E-state index in [0.29, 0.717) is 25.4 Å². The van der Waals surface area contributed by atoms with Crippen molar-refractivity contribution in [3.8, 4) is 0 Å². The lowest BCUT2D eigenvalue weighted by Gasteiger charge is -2.32. The first kappa shape index (κ1) is 22.8. The molecule has 5 nitrogen and oxygen atoms in total. The largest absolute Gasteiger partial charge is 0.503 e. The van der Waals surface area contributed by atoms with Crippen molar-refractivity contribution in [1.29, 1.82) is 0 Å². The average molecular weight is 322 g/mol. The van der Waals surface area contributed by atoms with Crippen molar-refractivity contribution in [1.82, 2.24) is 0 Å². The zero-order valence-corrected chi connectivity index (χ0v) is 15.9. The molecule has 0 aromatic heterocycles. The van der Waals surface area contributed by atoms with E-state index in [0.717, 1.165) is 12.8 Å². The Kier molecular flexibility index (Phi) is 14.4. The second-order valence-electron chi connectivity index (χ2n) is 4.92. The minimum absolute atomic E-state index is 0.0417. The molecule has 2 N–H and O–H groups in total. The van der Waals surface area contributed by atoms with Crippen molar-refractivity contribution in [2.24, 2.45) is 11.7 Å². The number of carbonyl (C=O) groups is 1. The van der Waals surface area contributed by atoms with Crippen LogP contribution >= 0.6 is 0 Å². The highest BCUT2D eigenvalue weighted by Gasteiger charge is 2.45. The second-order valence-corrected chi connectivity index (χ2v) is 7.98. The molecule has 128 valence electrons. The fourth-order valence-corrected chi connectivity index (χ4v) is 4.42. The summed E-state index contributed by atoms with van der Waals surface area (Å²) in [5, 5.41) is 0. The number of nitrogens with two attached hydrogens (primary N) is 1. The maximum Gasteiger partial charge on any atom is 0.503 e. The van der Waals surface area contributed by atoms with E-state index >= 15 is 0 Å². The molecule has 0 aliphatic rings. The summed E-state index contributed by atoms with van der Waals surface area (Å²) >= 11 is 0. The van der Waals surface area contributed by atoms with Crippen LogP contribution in [0, 0.1) is 5.92 Å². The molecular formula is C15H35NO4Si. The van der Waals surface area contributed by atoms with Crippen molar-refractivity contribution >= 4 is 14.7 Å². The molecule has 0 aromatic rings. The van der Waals surface area contributed by atoms with Gasteiger partial charge in [0.2, 0.25) is 5.91 Å². The molecule has 6 heteroatoms. The Hall–Kier alpha value is -0.433. The number of hydrogen-bond acceptors (Lipinski definition) is 4. The maximum atomic E-state index is 10.2. The quantitative estimate of drug-likeness (QED) is 0.626. The van der Waals surface area contributed by atoms with Crippen LogP contribution in [-0.2, 0) is 18.1 Å². The van der Waals surface area contributed by atoms with E-state index in [-0.39, 0.29) is 11.8 Å². The van der Waals surface area contributed by atoms with Gasteiger partial charge in [-0.15, -0.1) is 0 Å². The number of rotatable bonds is 10. The molecule has 0 spiro atoms. The van der Waals surface area contributed by atoms with Gasteiger partial charge in [0.25, 0.3) is 0 Å². The van der Waals surface area contributed by atoms with Gasteiger partial charge in [0.15, 0.2) is 0 Å². The van der Waals surface area contributed by atoms with Crippen LogP contribution in [-0.4, -0.2) is 34.5 Å². The molecule has 0 bridgehead atoms. The molecule has 0 saturated carbocycles. The van der Waals surface area contributed by atoms with Crippen LogP contribution < -0.4 is 5.73 Å². The molecule has 0 aliphatic heterocycles. The van der Waals surface area contributed by atoms with Gasteiger partial charge in [0.05, 0.1) is 0 Å². The summed E-state index contributed by atoms with van der Waals surface area (Å²) in [5.74, 6) is -0.164. The number of primary amides is 1. The third kappa shape index (κ3) is 9.24. The Balaban J connectivity index is 0. The Labute approximate surface area is 131 Å². The first-order chi connectivity index (χ1) is 9.84. The molecule has 0 rings (SSSR count). The van der Waals surface area contributed by atoms with E-state index < -0.39 is 8.80 Å². The fraction of sp³-hybridized carbons (Fsp3) is 0.933. The van der Waals surface area contributed by atoms with Crippen molar-refractivity contribution in [3.05, 3.63) is 0 Å². The van der Waals surface area contributed by atoms with E-state index in [1.165, 1.54) is 0 Å². The van der Waals surface area contributed by atoms with Gasteiger partial charge >= 0.3 is 8.80 Å². The van der Waals surface area contributed by atoms with E-state index in [1.807, 2.05) is 34.6 Å². The monoisotopic (exact) mass is 321 g/mol. The smallest absolute Gasteiger partial charge is 0.374 e. The summed E-state index contributed by atoms with van der Waals surface area (Å²) in [4.78, 5) is 10.2. The third-order valence-corrected chi connectivity index (χ3v) is 7.04. The Morgan fingerprint density at radius 3 is 1.43 bits per heavy atom. The highest BCUT2D eigenvalue weighted by Crippen LogP contribution is 2.28. The number of carbonyl (C=O) groups excluding carboxylic acids is 1. The summed E-state index contributed by atoms with van der Waals surface area (Å²) in [7, 11) is -2.40. The zero-order valence-electron chi connectivity index (χ0n) is 14.9. The predicted molar refractivity (Wildman–Crippen MR) is 89.0 cm³/mol. The molecule has 21 heavy (non-hydrogen) atoms. The zero-order chi connectivity index (χ0) is 16.9. The van der Waals surface area contributed by atoms with Gasteiger partial charge in [-0.25, -0.2) is 0 Å². The third-order valence-electron chi connectivity index (χ3n) is 3.35. The topological polar surface area (TPSA) is 70.8 Å². The first-order valence-corrected chi connectivity index (χ1v) is 9.86. The van der Waals surface area contributed by atoms with E-state index in [1.54, 1.807) is 0 Å². The number of amides is 1. The molecule has 1 amide bonds. The lowest BCUT2D eigenvalue weighted by Crippen LogP contribution is -2.49. The Bertz CT molecular complexity index is 247. The second kappa shape index (κ2) is 13.2. The molecule has 0 aliphatic carbocycles. The predicted octanol–water partition coefficient (Wildman–Crippen LogP) is 3.35. The molecule has 0 saturated heterocycles. The van der Waals surface area contributed by atoms with Crippen molar-refractivity contribution < 1.29 is 18.1 Å². The van der Waals surface area contributed by atoms with Gasteiger partial charge in [0.1, 0.15) is 0 Å². The number of hydrogen-bond donors (Lipinski definition) is 1. The highest BCUT2D eigenvalue weighted by atomic mass is 28.4. The Morgan fingerprint density at radius 2 is 1.29 bits per heavy atom. The molecule has 0 aromatic carbocycles. The SMILES string of the molecule is CCC(C)C(N)=O.CCO[Si](OCC)(OCC)C(C)CC. The van der Waals surface area contributed by atoms with Crippen LogP contribution in [0.1, 0.15) is 61.3 Å². The minimum atomic E-state index is -2.40. The maximum absolute atomic E-state index is 10.2. The highest BCUT2D eigenvalue weighted by molar-refractivity contribution is 6.62. The molecule has 0 fully saturated rings. The summed E-state index contributed by atoms with van der Waals surface area (Å²) in [6.07, 6.45) is 1.88. The first-order valence-electron chi connectivity index (χ1n) is 8.06. The van der Waals surface area contributed by atoms with Crippen molar-refractivity contribution in [3.63, 3.8) is 0 Å². The molecule has 0 radical (unpaired) electrons. The summed E-state index contributed by atoms with van der Waals surface area (Å²) in [6.45, 7) is 16.0. The molecule has 0 heterocycles. The van der Waals surface area contributed by atoms with Crippen LogP contribution in [0.25, 0.3) is 0 Å². The summed E-state index contributed by atoms with van der Waals surface area (Å²) < 4.78 is 17.3. The molecular weight excluding hydrogens is 286 g/mol. The van der Waals surface area contributed by atoms with Crippen molar-refractivity contribution in [2.45, 2.75) is 66.8 Å². The van der Waals surface area contributed by atoms with Crippen molar-refractivity contribution in [2.75, 3.05) is 19.8 Å². The normalized spacial score (nSPS) is 14.0. The lowest BCUT2D eigenvalue weighted by molar-refractivity contribution is -0.121. The van der Waals surface area contributed by atoms with E-state index in [9.17, 15) is 4.79 Å². The standard InChI is InChI=1S/C10H24O3Si.C5H11NO/c1-6-10(5)14(11-7-2,12-8-3)13-9-4;1-3-4(2)5(6)7/h10H,6-9H2,1-5H3;4H,3H2,1-2H3,(H2,6,7). The van der Waals surface area contributed by atoms with E-state index in [2.05, 4.69) is 13.8 Å². The van der Waals surface area contributed by atoms with Gasteiger partial charge < -0.3 is 19.0 Å². The van der Waals surface area contributed by atoms with Gasteiger partial charge in [-0.3, -0.25) is 4.79 Å². The van der Waals surface area contributed by atoms with Crippen LogP contribution in [0.2, 0.25) is 5.54 Å². The molecule has 2 unspecified atom stereocenters. The molecule has 2 atom stereocenters. The van der Waals surface area contributed by atoms with Crippen LogP contribution in [0.5, 0.6) is 0 Å². The summed E-state index contributed by atoms with van der Waals surface area (Å²) in [6, 6.07) is 0. The van der Waals surface area contributed by atoms with Crippen LogP contribution in [0.3, 0.4) is 0 Å².